The average Bonchev–Trinajstić information content (AvgIpc) is 3.04. The van der Waals surface area contributed by atoms with Crippen molar-refractivity contribution in [3.05, 3.63) is 66.2 Å². The smallest absolute Gasteiger partial charge is 0.331 e. The predicted octanol–water partition coefficient (Wildman–Crippen LogP) is 4.09. The lowest BCUT2D eigenvalue weighted by Crippen LogP contribution is -2.47. The summed E-state index contributed by atoms with van der Waals surface area (Å²) in [6.45, 7) is 6.60. The zero-order chi connectivity index (χ0) is 19.4. The fourth-order valence-electron chi connectivity index (χ4n) is 3.27. The second-order valence-corrected chi connectivity index (χ2v) is 7.19. The van der Waals surface area contributed by atoms with Gasteiger partial charge >= 0.3 is 6.03 Å². The van der Waals surface area contributed by atoms with Crippen molar-refractivity contribution in [2.75, 3.05) is 11.4 Å². The number of hydrogen-bond acceptors (Lipinski definition) is 3. The summed E-state index contributed by atoms with van der Waals surface area (Å²) in [5.74, 6) is -0.124. The number of urea groups is 1. The molecule has 1 saturated heterocycles. The maximum Gasteiger partial charge on any atom is 0.331 e. The Kier molecular flexibility index (Phi) is 5.91. The highest BCUT2D eigenvalue weighted by atomic mass is 16.5. The average molecular weight is 366 g/mol. The van der Waals surface area contributed by atoms with Crippen LogP contribution in [0.25, 0.3) is 0 Å². The molecule has 0 saturated carbocycles. The fourth-order valence-corrected chi connectivity index (χ4v) is 3.27. The van der Waals surface area contributed by atoms with Crippen molar-refractivity contribution in [2.24, 2.45) is 5.92 Å². The molecule has 0 aromatic heterocycles. The van der Waals surface area contributed by atoms with Gasteiger partial charge in [0.05, 0.1) is 12.6 Å². The minimum atomic E-state index is -0.689. The van der Waals surface area contributed by atoms with E-state index in [1.54, 1.807) is 11.8 Å². The van der Waals surface area contributed by atoms with Crippen molar-refractivity contribution in [2.45, 2.75) is 39.5 Å². The number of benzene rings is 2. The number of nitrogens with zero attached hydrogens (tertiary/aromatic N) is 2. The van der Waals surface area contributed by atoms with Crippen molar-refractivity contribution in [1.29, 1.82) is 0 Å². The largest absolute Gasteiger partial charge is 0.364 e. The zero-order valence-corrected chi connectivity index (χ0v) is 16.0. The first-order chi connectivity index (χ1) is 13.0. The van der Waals surface area contributed by atoms with Gasteiger partial charge in [0.15, 0.2) is 0 Å². The second kappa shape index (κ2) is 8.35. The number of hydrogen-bond donors (Lipinski definition) is 0. The van der Waals surface area contributed by atoms with Crippen LogP contribution in [-0.4, -0.2) is 35.5 Å². The molecule has 1 aliphatic heterocycles. The SMILES string of the molecule is CC(C)[C@H]1CN(c2ccccc2)C(=O)N1C(=O)[C@@H](C)OCc1ccccc1. The summed E-state index contributed by atoms with van der Waals surface area (Å²) in [7, 11) is 0. The lowest BCUT2D eigenvalue weighted by atomic mass is 10.0. The minimum Gasteiger partial charge on any atom is -0.364 e. The van der Waals surface area contributed by atoms with E-state index in [9.17, 15) is 9.59 Å². The Bertz CT molecular complexity index is 777. The third-order valence-corrected chi connectivity index (χ3v) is 4.90. The molecular weight excluding hydrogens is 340 g/mol. The maximum atomic E-state index is 13.0. The van der Waals surface area contributed by atoms with Gasteiger partial charge in [-0.3, -0.25) is 14.6 Å². The van der Waals surface area contributed by atoms with Crippen LogP contribution in [0.5, 0.6) is 0 Å². The van der Waals surface area contributed by atoms with Crippen LogP contribution < -0.4 is 4.90 Å². The Morgan fingerprint density at radius 3 is 2.22 bits per heavy atom. The molecule has 2 aromatic rings. The van der Waals surface area contributed by atoms with Crippen LogP contribution in [0.2, 0.25) is 0 Å². The van der Waals surface area contributed by atoms with Gasteiger partial charge in [0.1, 0.15) is 6.10 Å². The monoisotopic (exact) mass is 366 g/mol. The summed E-state index contributed by atoms with van der Waals surface area (Å²) in [4.78, 5) is 29.1. The molecule has 0 aliphatic carbocycles. The Balaban J connectivity index is 1.73. The highest BCUT2D eigenvalue weighted by molar-refractivity contribution is 6.06. The number of rotatable bonds is 6. The molecule has 0 spiro atoms. The van der Waals surface area contributed by atoms with E-state index >= 15 is 0 Å². The molecule has 27 heavy (non-hydrogen) atoms. The first-order valence-electron chi connectivity index (χ1n) is 9.34. The number of carbonyl (C=O) groups is 2. The van der Waals surface area contributed by atoms with Gasteiger partial charge in [-0.25, -0.2) is 4.79 Å². The van der Waals surface area contributed by atoms with Crippen molar-refractivity contribution in [1.82, 2.24) is 4.90 Å². The number of carbonyl (C=O) groups excluding carboxylic acids is 2. The van der Waals surface area contributed by atoms with Crippen molar-refractivity contribution in [3.63, 3.8) is 0 Å². The van der Waals surface area contributed by atoms with Gasteiger partial charge in [0.2, 0.25) is 0 Å². The van der Waals surface area contributed by atoms with E-state index in [1.807, 2.05) is 74.5 Å². The molecule has 142 valence electrons. The molecule has 3 rings (SSSR count). The van der Waals surface area contributed by atoms with Gasteiger partial charge in [0, 0.05) is 12.2 Å². The zero-order valence-electron chi connectivity index (χ0n) is 16.0. The summed E-state index contributed by atoms with van der Waals surface area (Å²) < 4.78 is 5.76. The van der Waals surface area contributed by atoms with Gasteiger partial charge in [-0.2, -0.15) is 0 Å². The van der Waals surface area contributed by atoms with Gasteiger partial charge < -0.3 is 4.74 Å². The number of imide groups is 1. The molecule has 0 bridgehead atoms. The lowest BCUT2D eigenvalue weighted by molar-refractivity contribution is -0.141. The highest BCUT2D eigenvalue weighted by Gasteiger charge is 2.44. The standard InChI is InChI=1S/C22H26N2O3/c1-16(2)20-14-23(19-12-8-5-9-13-19)22(26)24(20)21(25)17(3)27-15-18-10-6-4-7-11-18/h4-13,16-17,20H,14-15H2,1-3H3/t17-,20-/m1/s1. The normalized spacial score (nSPS) is 18.2. The van der Waals surface area contributed by atoms with E-state index in [-0.39, 0.29) is 23.9 Å². The van der Waals surface area contributed by atoms with E-state index in [1.165, 1.54) is 4.90 Å². The molecule has 1 aliphatic rings. The molecule has 0 unspecified atom stereocenters. The lowest BCUT2D eigenvalue weighted by Gasteiger charge is -2.26. The maximum absolute atomic E-state index is 13.0. The molecular formula is C22H26N2O3. The van der Waals surface area contributed by atoms with Crippen molar-refractivity contribution < 1.29 is 14.3 Å². The Morgan fingerprint density at radius 2 is 1.63 bits per heavy atom. The molecule has 3 amide bonds. The van der Waals surface area contributed by atoms with Gasteiger partial charge in [-0.15, -0.1) is 0 Å². The van der Waals surface area contributed by atoms with Crippen LogP contribution in [0.15, 0.2) is 60.7 Å². The molecule has 0 radical (unpaired) electrons. The first-order valence-corrected chi connectivity index (χ1v) is 9.34. The van der Waals surface area contributed by atoms with E-state index < -0.39 is 6.10 Å². The van der Waals surface area contributed by atoms with E-state index in [4.69, 9.17) is 4.74 Å². The van der Waals surface area contributed by atoms with Gasteiger partial charge in [-0.1, -0.05) is 62.4 Å². The Morgan fingerprint density at radius 1 is 1.04 bits per heavy atom. The molecule has 5 nitrogen and oxygen atoms in total. The number of amides is 3. The third-order valence-electron chi connectivity index (χ3n) is 4.90. The molecule has 1 heterocycles. The molecule has 0 N–H and O–H groups in total. The fraction of sp³-hybridized carbons (Fsp3) is 0.364. The van der Waals surface area contributed by atoms with E-state index in [0.29, 0.717) is 13.2 Å². The van der Waals surface area contributed by atoms with Crippen molar-refractivity contribution >= 4 is 17.6 Å². The first kappa shape index (κ1) is 19.1. The van der Waals surface area contributed by atoms with Crippen molar-refractivity contribution in [3.8, 4) is 0 Å². The van der Waals surface area contributed by atoms with Crippen LogP contribution in [-0.2, 0) is 16.1 Å². The van der Waals surface area contributed by atoms with E-state index in [2.05, 4.69) is 0 Å². The Labute approximate surface area is 160 Å². The number of para-hydroxylation sites is 1. The Hall–Kier alpha value is -2.66. The molecule has 5 heteroatoms. The predicted molar refractivity (Wildman–Crippen MR) is 105 cm³/mol. The third kappa shape index (κ3) is 4.19. The van der Waals surface area contributed by atoms with E-state index in [0.717, 1.165) is 11.3 Å². The molecule has 2 atom stereocenters. The molecule has 2 aromatic carbocycles. The van der Waals surface area contributed by atoms with Crippen LogP contribution in [0.3, 0.4) is 0 Å². The summed E-state index contributed by atoms with van der Waals surface area (Å²) in [6.07, 6.45) is -0.689. The summed E-state index contributed by atoms with van der Waals surface area (Å²) in [5, 5.41) is 0. The summed E-state index contributed by atoms with van der Waals surface area (Å²) in [6, 6.07) is 18.7. The topological polar surface area (TPSA) is 49.9 Å². The van der Waals surface area contributed by atoms with Gasteiger partial charge in [0.25, 0.3) is 5.91 Å². The second-order valence-electron chi connectivity index (χ2n) is 7.19. The summed E-state index contributed by atoms with van der Waals surface area (Å²) >= 11 is 0. The van der Waals surface area contributed by atoms with Gasteiger partial charge in [-0.05, 0) is 30.5 Å². The van der Waals surface area contributed by atoms with Crippen LogP contribution in [0.1, 0.15) is 26.3 Å². The van der Waals surface area contributed by atoms with Crippen LogP contribution in [0.4, 0.5) is 10.5 Å². The van der Waals surface area contributed by atoms with Crippen LogP contribution >= 0.6 is 0 Å². The quantitative estimate of drug-likeness (QED) is 0.774. The number of anilines is 1. The number of ether oxygens (including phenoxy) is 1. The van der Waals surface area contributed by atoms with Crippen LogP contribution in [0, 0.1) is 5.92 Å². The summed E-state index contributed by atoms with van der Waals surface area (Å²) in [5.41, 5.74) is 1.80. The minimum absolute atomic E-state index is 0.160. The molecule has 1 fully saturated rings. The highest BCUT2D eigenvalue weighted by Crippen LogP contribution is 2.28.